The van der Waals surface area contributed by atoms with Gasteiger partial charge < -0.3 is 9.84 Å². The molecule has 96 valence electrons. The number of rotatable bonds is 5. The van der Waals surface area contributed by atoms with Crippen LogP contribution in [0.5, 0.6) is 5.75 Å². The zero-order valence-electron chi connectivity index (χ0n) is 10.3. The molecule has 0 saturated heterocycles. The molecule has 0 heterocycles. The van der Waals surface area contributed by atoms with Crippen LogP contribution in [0.4, 0.5) is 0 Å². The second-order valence-electron chi connectivity index (χ2n) is 4.06. The van der Waals surface area contributed by atoms with Crippen molar-refractivity contribution in [2.24, 2.45) is 5.92 Å². The van der Waals surface area contributed by atoms with Crippen LogP contribution in [0.25, 0.3) is 0 Å². The predicted octanol–water partition coefficient (Wildman–Crippen LogP) is 3.33. The number of ether oxygens (including phenoxy) is 1. The Morgan fingerprint density at radius 1 is 1.29 bits per heavy atom. The van der Waals surface area contributed by atoms with Gasteiger partial charge in [0.25, 0.3) is 0 Å². The van der Waals surface area contributed by atoms with E-state index in [9.17, 15) is 4.79 Å². The van der Waals surface area contributed by atoms with Crippen LogP contribution in [0.1, 0.15) is 32.3 Å². The number of hydrogen-bond acceptors (Lipinski definition) is 2. The first-order chi connectivity index (χ1) is 7.56. The first-order valence-electron chi connectivity index (χ1n) is 5.51. The second-order valence-corrected chi connectivity index (χ2v) is 4.06. The fourth-order valence-electron chi connectivity index (χ4n) is 1.75. The molecule has 1 atom stereocenters. The molecule has 3 nitrogen and oxygen atoms in total. The number of hydrogen-bond donors (Lipinski definition) is 1. The van der Waals surface area contributed by atoms with Crippen LogP contribution in [0.3, 0.4) is 0 Å². The summed E-state index contributed by atoms with van der Waals surface area (Å²) in [6, 6.07) is 7.28. The van der Waals surface area contributed by atoms with Crippen molar-refractivity contribution in [3.05, 3.63) is 29.8 Å². The van der Waals surface area contributed by atoms with Crippen LogP contribution in [0, 0.1) is 5.92 Å². The van der Waals surface area contributed by atoms with Crippen molar-refractivity contribution in [2.45, 2.75) is 26.7 Å². The number of carbonyl (C=O) groups is 1. The summed E-state index contributed by atoms with van der Waals surface area (Å²) in [5.74, 6) is -0.371. The van der Waals surface area contributed by atoms with Gasteiger partial charge in [0.2, 0.25) is 0 Å². The van der Waals surface area contributed by atoms with E-state index in [1.54, 1.807) is 0 Å². The number of carboxylic acids is 1. The van der Waals surface area contributed by atoms with Crippen LogP contribution in [0.15, 0.2) is 24.3 Å². The molecule has 0 aliphatic carbocycles. The van der Waals surface area contributed by atoms with Crippen molar-refractivity contribution >= 4 is 18.4 Å². The summed E-state index contributed by atoms with van der Waals surface area (Å²) in [6.07, 6.45) is 0. The van der Waals surface area contributed by atoms with Gasteiger partial charge >= 0.3 is 5.97 Å². The molecular formula is C13H19ClO3. The van der Waals surface area contributed by atoms with Crippen molar-refractivity contribution in [3.8, 4) is 5.75 Å². The molecule has 0 spiro atoms. The maximum atomic E-state index is 11.1. The standard InChI is InChI=1S/C13H18O3.ClH/c1-4-16-11-7-5-10(6-8-11)12(9(2)3)13(14)15;/h5-9,12H,4H2,1-3H3,(H,14,15);1H. The topological polar surface area (TPSA) is 46.5 Å². The lowest BCUT2D eigenvalue weighted by molar-refractivity contribution is -0.139. The third kappa shape index (κ3) is 4.27. The first kappa shape index (κ1) is 15.8. The minimum atomic E-state index is -0.779. The van der Waals surface area contributed by atoms with Crippen molar-refractivity contribution < 1.29 is 14.6 Å². The van der Waals surface area contributed by atoms with Crippen LogP contribution in [0.2, 0.25) is 0 Å². The summed E-state index contributed by atoms with van der Waals surface area (Å²) >= 11 is 0. The van der Waals surface area contributed by atoms with E-state index < -0.39 is 11.9 Å². The minimum absolute atomic E-state index is 0. The van der Waals surface area contributed by atoms with E-state index in [0.717, 1.165) is 11.3 Å². The van der Waals surface area contributed by atoms with Gasteiger partial charge in [-0.25, -0.2) is 0 Å². The number of aliphatic carboxylic acids is 1. The molecule has 0 aromatic heterocycles. The largest absolute Gasteiger partial charge is 0.494 e. The Morgan fingerprint density at radius 2 is 1.82 bits per heavy atom. The number of carboxylic acid groups (broad SMARTS) is 1. The molecule has 0 radical (unpaired) electrons. The maximum Gasteiger partial charge on any atom is 0.311 e. The molecule has 1 aromatic carbocycles. The SMILES string of the molecule is CCOc1ccc(C(C(=O)O)C(C)C)cc1.Cl. The Kier molecular flexibility index (Phi) is 6.66. The van der Waals surface area contributed by atoms with Crippen LogP contribution < -0.4 is 4.74 Å². The summed E-state index contributed by atoms with van der Waals surface area (Å²) in [4.78, 5) is 11.1. The average molecular weight is 259 g/mol. The number of benzene rings is 1. The van der Waals surface area contributed by atoms with E-state index in [-0.39, 0.29) is 18.3 Å². The van der Waals surface area contributed by atoms with Gasteiger partial charge in [-0.2, -0.15) is 0 Å². The van der Waals surface area contributed by atoms with Gasteiger partial charge in [0.15, 0.2) is 0 Å². The molecular weight excluding hydrogens is 240 g/mol. The van der Waals surface area contributed by atoms with E-state index in [0.29, 0.717) is 6.61 Å². The van der Waals surface area contributed by atoms with E-state index in [1.165, 1.54) is 0 Å². The molecule has 0 aliphatic heterocycles. The second kappa shape index (κ2) is 7.17. The van der Waals surface area contributed by atoms with Crippen LogP contribution >= 0.6 is 12.4 Å². The zero-order chi connectivity index (χ0) is 12.1. The maximum absolute atomic E-state index is 11.1. The minimum Gasteiger partial charge on any atom is -0.494 e. The fraction of sp³-hybridized carbons (Fsp3) is 0.462. The molecule has 1 aromatic rings. The highest BCUT2D eigenvalue weighted by atomic mass is 35.5. The van der Waals surface area contributed by atoms with Crippen molar-refractivity contribution in [1.82, 2.24) is 0 Å². The van der Waals surface area contributed by atoms with Crippen LogP contribution in [-0.4, -0.2) is 17.7 Å². The lowest BCUT2D eigenvalue weighted by atomic mass is 9.88. The van der Waals surface area contributed by atoms with Crippen molar-refractivity contribution in [1.29, 1.82) is 0 Å². The first-order valence-corrected chi connectivity index (χ1v) is 5.51. The van der Waals surface area contributed by atoms with E-state index in [4.69, 9.17) is 9.84 Å². The summed E-state index contributed by atoms with van der Waals surface area (Å²) in [7, 11) is 0. The normalized spacial score (nSPS) is 11.8. The van der Waals surface area contributed by atoms with Gasteiger partial charge in [-0.3, -0.25) is 4.79 Å². The van der Waals surface area contributed by atoms with Crippen LogP contribution in [-0.2, 0) is 4.79 Å². The van der Waals surface area contributed by atoms with E-state index in [1.807, 2.05) is 45.0 Å². The summed E-state index contributed by atoms with van der Waals surface area (Å²) in [5.41, 5.74) is 0.825. The van der Waals surface area contributed by atoms with Gasteiger partial charge in [-0.15, -0.1) is 12.4 Å². The fourth-order valence-corrected chi connectivity index (χ4v) is 1.75. The zero-order valence-corrected chi connectivity index (χ0v) is 11.2. The van der Waals surface area contributed by atoms with Crippen molar-refractivity contribution in [3.63, 3.8) is 0 Å². The monoisotopic (exact) mass is 258 g/mol. The summed E-state index contributed by atoms with van der Waals surface area (Å²) < 4.78 is 5.31. The third-order valence-electron chi connectivity index (χ3n) is 2.48. The highest BCUT2D eigenvalue weighted by molar-refractivity contribution is 5.85. The lowest BCUT2D eigenvalue weighted by Crippen LogP contribution is -2.17. The van der Waals surface area contributed by atoms with E-state index in [2.05, 4.69) is 0 Å². The summed E-state index contributed by atoms with van der Waals surface area (Å²) in [5, 5.41) is 9.14. The molecule has 0 fully saturated rings. The quantitative estimate of drug-likeness (QED) is 0.881. The molecule has 1 N–H and O–H groups in total. The average Bonchev–Trinajstić information content (AvgIpc) is 2.20. The highest BCUT2D eigenvalue weighted by Gasteiger charge is 2.23. The highest BCUT2D eigenvalue weighted by Crippen LogP contribution is 2.26. The van der Waals surface area contributed by atoms with Gasteiger partial charge in [0.1, 0.15) is 5.75 Å². The molecule has 0 saturated carbocycles. The molecule has 1 rings (SSSR count). The third-order valence-corrected chi connectivity index (χ3v) is 2.48. The van der Waals surface area contributed by atoms with Crippen molar-refractivity contribution in [2.75, 3.05) is 6.61 Å². The Bertz CT molecular complexity index is 346. The van der Waals surface area contributed by atoms with Gasteiger partial charge in [0.05, 0.1) is 12.5 Å². The number of halogens is 1. The Morgan fingerprint density at radius 3 is 2.18 bits per heavy atom. The van der Waals surface area contributed by atoms with E-state index >= 15 is 0 Å². The van der Waals surface area contributed by atoms with Gasteiger partial charge in [-0.1, -0.05) is 26.0 Å². The molecule has 1 unspecified atom stereocenters. The van der Waals surface area contributed by atoms with Gasteiger partial charge in [-0.05, 0) is 30.5 Å². The molecule has 17 heavy (non-hydrogen) atoms. The summed E-state index contributed by atoms with van der Waals surface area (Å²) in [6.45, 7) is 6.36. The Hall–Kier alpha value is -1.22. The molecule has 0 bridgehead atoms. The Balaban J connectivity index is 0.00000256. The molecule has 0 aliphatic rings. The lowest BCUT2D eigenvalue weighted by Gasteiger charge is -2.16. The molecule has 4 heteroatoms. The Labute approximate surface area is 108 Å². The van der Waals surface area contributed by atoms with Gasteiger partial charge in [0, 0.05) is 0 Å². The smallest absolute Gasteiger partial charge is 0.311 e. The molecule has 0 amide bonds. The predicted molar refractivity (Wildman–Crippen MR) is 70.1 cm³/mol.